The molecular formula is C33H44N4O6Si. The second kappa shape index (κ2) is 13.2. The summed E-state index contributed by atoms with van der Waals surface area (Å²) in [7, 11) is 0.816. The number of fused-ring (bicyclic) bond motifs is 2. The van der Waals surface area contributed by atoms with Crippen molar-refractivity contribution >= 4 is 30.8 Å². The van der Waals surface area contributed by atoms with Crippen molar-refractivity contribution in [1.82, 2.24) is 15.0 Å². The first kappa shape index (κ1) is 31.9. The number of para-hydroxylation sites is 1. The Kier molecular flexibility index (Phi) is 9.57. The number of hydrogen-bond donors (Lipinski definition) is 1. The average Bonchev–Trinajstić information content (AvgIpc) is 3.68. The van der Waals surface area contributed by atoms with E-state index in [0.717, 1.165) is 22.7 Å². The van der Waals surface area contributed by atoms with Crippen LogP contribution in [0.3, 0.4) is 0 Å². The fraction of sp³-hybridized carbons (Fsp3) is 0.515. The summed E-state index contributed by atoms with van der Waals surface area (Å²) in [5, 5.41) is 19.1. The number of rotatable bonds is 13. The van der Waals surface area contributed by atoms with Crippen molar-refractivity contribution in [3.63, 3.8) is 0 Å². The van der Waals surface area contributed by atoms with E-state index in [4.69, 9.17) is 14.2 Å². The van der Waals surface area contributed by atoms with Crippen molar-refractivity contribution in [2.75, 3.05) is 32.3 Å². The van der Waals surface area contributed by atoms with Gasteiger partial charge in [-0.3, -0.25) is 14.3 Å². The fourth-order valence-electron chi connectivity index (χ4n) is 7.34. The van der Waals surface area contributed by atoms with Gasteiger partial charge in [0.15, 0.2) is 5.60 Å². The van der Waals surface area contributed by atoms with Crippen molar-refractivity contribution in [1.29, 1.82) is 0 Å². The van der Waals surface area contributed by atoms with Gasteiger partial charge in [-0.05, 0) is 43.0 Å². The molecule has 5 rings (SSSR count). The van der Waals surface area contributed by atoms with Crippen LogP contribution in [0.15, 0.2) is 54.7 Å². The van der Waals surface area contributed by atoms with Crippen molar-refractivity contribution in [2.45, 2.75) is 75.9 Å². The third-order valence-electron chi connectivity index (χ3n) is 9.58. The molecule has 3 heterocycles. The molecule has 1 spiro atoms. The number of esters is 1. The van der Waals surface area contributed by atoms with Crippen LogP contribution in [0.1, 0.15) is 43.9 Å². The Labute approximate surface area is 260 Å². The third kappa shape index (κ3) is 5.80. The first-order chi connectivity index (χ1) is 21.2. The molecule has 0 radical (unpaired) electrons. The number of carbonyl (C=O) groups is 2. The van der Waals surface area contributed by atoms with Crippen LogP contribution in [-0.2, 0) is 37.6 Å². The number of aromatic nitrogens is 3. The van der Waals surface area contributed by atoms with E-state index in [-0.39, 0.29) is 36.0 Å². The number of aryl methyl sites for hydroxylation is 1. The number of carbonyl (C=O) groups excluding carboxylic acids is 2. The van der Waals surface area contributed by atoms with Gasteiger partial charge >= 0.3 is 5.97 Å². The average molecular weight is 621 g/mol. The molecule has 0 aliphatic carbocycles. The Bertz CT molecular complexity index is 1460. The first-order valence-electron chi connectivity index (χ1n) is 15.5. The molecule has 1 aromatic heterocycles. The number of methoxy groups -OCH3 is 2. The molecule has 10 nitrogen and oxygen atoms in total. The maximum atomic E-state index is 14.6. The van der Waals surface area contributed by atoms with E-state index >= 15 is 0 Å². The topological polar surface area (TPSA) is 116 Å². The van der Waals surface area contributed by atoms with Gasteiger partial charge < -0.3 is 24.2 Å². The van der Waals surface area contributed by atoms with Crippen molar-refractivity contribution in [3.05, 3.63) is 66.0 Å². The number of benzene rings is 2. The monoisotopic (exact) mass is 620 g/mol. The summed E-state index contributed by atoms with van der Waals surface area (Å²) in [5.74, 6) is 0.456. The highest BCUT2D eigenvalue weighted by Gasteiger charge is 2.66. The zero-order valence-corrected chi connectivity index (χ0v) is 27.4. The number of ether oxygens (including phenoxy) is 3. The fourth-order valence-corrected chi connectivity index (χ4v) is 11.4. The molecule has 1 fully saturated rings. The predicted molar refractivity (Wildman–Crippen MR) is 170 cm³/mol. The Morgan fingerprint density at radius 2 is 1.84 bits per heavy atom. The van der Waals surface area contributed by atoms with Crippen LogP contribution in [-0.4, -0.2) is 73.5 Å². The lowest BCUT2D eigenvalue weighted by Gasteiger charge is -2.37. The minimum atomic E-state index is -2.25. The molecule has 1 N–H and O–H groups in total. The zero-order valence-electron chi connectivity index (χ0n) is 26.4. The van der Waals surface area contributed by atoms with Gasteiger partial charge in [0.1, 0.15) is 5.75 Å². The van der Waals surface area contributed by atoms with Crippen molar-refractivity contribution in [3.8, 4) is 5.75 Å². The molecule has 11 heteroatoms. The molecule has 0 unspecified atom stereocenters. The number of hydrogen-bond acceptors (Lipinski definition) is 8. The summed E-state index contributed by atoms with van der Waals surface area (Å²) in [5.41, 5.74) is 1.57. The van der Waals surface area contributed by atoms with Gasteiger partial charge in [-0.2, -0.15) is 0 Å². The highest BCUT2D eigenvalue weighted by molar-refractivity contribution is 6.91. The van der Waals surface area contributed by atoms with E-state index in [9.17, 15) is 14.7 Å². The van der Waals surface area contributed by atoms with Gasteiger partial charge in [-0.1, -0.05) is 60.7 Å². The van der Waals surface area contributed by atoms with E-state index < -0.39 is 13.7 Å². The lowest BCUT2D eigenvalue weighted by molar-refractivity contribution is -0.146. The van der Waals surface area contributed by atoms with Gasteiger partial charge in [0, 0.05) is 50.2 Å². The van der Waals surface area contributed by atoms with Crippen LogP contribution in [0.2, 0.25) is 18.6 Å². The molecule has 0 bridgehead atoms. The van der Waals surface area contributed by atoms with Crippen LogP contribution in [0.4, 0.5) is 5.69 Å². The minimum Gasteiger partial charge on any atom is -0.497 e. The second-order valence-corrected chi connectivity index (χ2v) is 17.1. The normalized spacial score (nSPS) is 22.9. The summed E-state index contributed by atoms with van der Waals surface area (Å²) >= 11 is 0. The Balaban J connectivity index is 1.49. The van der Waals surface area contributed by atoms with Crippen molar-refractivity contribution < 1.29 is 28.9 Å². The quantitative estimate of drug-likeness (QED) is 0.174. The summed E-state index contributed by atoms with van der Waals surface area (Å²) < 4.78 is 19.2. The second-order valence-electron chi connectivity index (χ2n) is 12.4. The van der Waals surface area contributed by atoms with Gasteiger partial charge in [0.2, 0.25) is 0 Å². The number of anilines is 1. The third-order valence-corrected chi connectivity index (χ3v) is 13.9. The Morgan fingerprint density at radius 3 is 2.55 bits per heavy atom. The molecule has 236 valence electrons. The van der Waals surface area contributed by atoms with Crippen molar-refractivity contribution in [2.24, 2.45) is 5.92 Å². The van der Waals surface area contributed by atoms with Crippen LogP contribution < -0.4 is 14.8 Å². The van der Waals surface area contributed by atoms with Crippen LogP contribution in [0.25, 0.3) is 0 Å². The number of aliphatic hydroxyl groups is 1. The van der Waals surface area contributed by atoms with Gasteiger partial charge in [-0.25, -0.2) is 0 Å². The van der Waals surface area contributed by atoms with E-state index in [2.05, 4.69) is 42.5 Å². The van der Waals surface area contributed by atoms with Gasteiger partial charge in [0.25, 0.3) is 5.91 Å². The lowest BCUT2D eigenvalue weighted by Crippen LogP contribution is -2.52. The highest BCUT2D eigenvalue weighted by Crippen LogP contribution is 2.59. The minimum absolute atomic E-state index is 0.0227. The molecule has 4 atom stereocenters. The van der Waals surface area contributed by atoms with E-state index in [1.54, 1.807) is 11.8 Å². The van der Waals surface area contributed by atoms with Crippen LogP contribution in [0.5, 0.6) is 5.75 Å². The number of aliphatic hydroxyl groups excluding tert-OH is 1. The lowest BCUT2D eigenvalue weighted by atomic mass is 9.82. The molecule has 3 aromatic rings. The molecule has 2 aromatic carbocycles. The maximum Gasteiger partial charge on any atom is 0.305 e. The number of unbranched alkanes of at least 4 members (excludes halogenated alkanes) is 1. The standard InChI is InChI=1S/C33H44N4O6Si/c1-23-31(44(4,5)26-15-13-25(41-2)14-16-26)29(17-20-36-22-24(18-21-38)34-35-36)43-33(23)27-10-6-7-11-28(27)37(32(33)40)19-9-8-12-30(39)42-3/h6-7,10-11,13-16,22-23,29,31,38H,8-9,12,17-21H2,1-5H3/t23-,29+,31-,33+/m1/s1. The number of nitrogens with zero attached hydrogens (tertiary/aromatic N) is 4. The number of amides is 1. The van der Waals surface area contributed by atoms with E-state index in [0.29, 0.717) is 45.2 Å². The molecule has 1 saturated heterocycles. The smallest absolute Gasteiger partial charge is 0.305 e. The summed E-state index contributed by atoms with van der Waals surface area (Å²) in [4.78, 5) is 28.2. The van der Waals surface area contributed by atoms with Gasteiger partial charge in [-0.15, -0.1) is 5.10 Å². The molecular weight excluding hydrogens is 576 g/mol. The first-order valence-corrected chi connectivity index (χ1v) is 18.6. The largest absolute Gasteiger partial charge is 0.497 e. The predicted octanol–water partition coefficient (Wildman–Crippen LogP) is 3.82. The van der Waals surface area contributed by atoms with Crippen LogP contribution in [0, 0.1) is 5.92 Å². The molecule has 44 heavy (non-hydrogen) atoms. The zero-order chi connectivity index (χ0) is 31.5. The SMILES string of the molecule is COC(=O)CCCCN1C(=O)[C@@]2(O[C@@H](CCn3cc(CCO)nn3)[C@H]([Si](C)(C)c3ccc(OC)cc3)[C@H]2C)c2ccccc21. The molecule has 1 amide bonds. The Hall–Kier alpha value is -3.54. The maximum absolute atomic E-state index is 14.6. The van der Waals surface area contributed by atoms with Crippen LogP contribution >= 0.6 is 0 Å². The molecule has 0 saturated carbocycles. The highest BCUT2D eigenvalue weighted by atomic mass is 28.3. The van der Waals surface area contributed by atoms with E-state index in [1.165, 1.54) is 12.3 Å². The molecule has 2 aliphatic rings. The Morgan fingerprint density at radius 1 is 1.09 bits per heavy atom. The summed E-state index contributed by atoms with van der Waals surface area (Å²) in [6, 6.07) is 16.3. The van der Waals surface area contributed by atoms with Gasteiger partial charge in [0.05, 0.1) is 39.8 Å². The van der Waals surface area contributed by atoms with E-state index in [1.807, 2.05) is 47.5 Å². The summed E-state index contributed by atoms with van der Waals surface area (Å²) in [6.07, 6.45) is 4.45. The summed E-state index contributed by atoms with van der Waals surface area (Å²) in [6.45, 7) is 8.04. The molecule has 2 aliphatic heterocycles.